The molecule has 0 amide bonds. The number of anilines is 2. The maximum absolute atomic E-state index is 13.7. The van der Waals surface area contributed by atoms with Crippen LogP contribution >= 0.6 is 0 Å². The summed E-state index contributed by atoms with van der Waals surface area (Å²) < 4.78 is 13.7. The van der Waals surface area contributed by atoms with Crippen LogP contribution in [-0.4, -0.2) is 11.1 Å². The predicted molar refractivity (Wildman–Crippen MR) is 72.5 cm³/mol. The molecular weight excluding hydrogens is 245 g/mol. The molecule has 2 aromatic rings. The molecule has 0 aromatic heterocycles. The highest BCUT2D eigenvalue weighted by Gasteiger charge is 2.14. The lowest BCUT2D eigenvalue weighted by Crippen LogP contribution is -2.04. The Morgan fingerprint density at radius 1 is 1.21 bits per heavy atom. The van der Waals surface area contributed by atoms with Crippen LogP contribution in [0.25, 0.3) is 0 Å². The molecule has 98 valence electrons. The number of para-hydroxylation sites is 1. The fourth-order valence-corrected chi connectivity index (χ4v) is 1.80. The van der Waals surface area contributed by atoms with E-state index in [-0.39, 0.29) is 11.3 Å². The molecule has 0 fully saturated rings. The summed E-state index contributed by atoms with van der Waals surface area (Å²) in [5.41, 5.74) is 1.72. The van der Waals surface area contributed by atoms with Crippen LogP contribution in [-0.2, 0) is 6.42 Å². The van der Waals surface area contributed by atoms with Crippen LogP contribution in [0.5, 0.6) is 0 Å². The van der Waals surface area contributed by atoms with Crippen molar-refractivity contribution in [2.45, 2.75) is 13.3 Å². The Balaban J connectivity index is 2.34. The van der Waals surface area contributed by atoms with Crippen molar-refractivity contribution in [3.05, 3.63) is 59.4 Å². The van der Waals surface area contributed by atoms with Gasteiger partial charge in [0.25, 0.3) is 0 Å². The van der Waals surface area contributed by atoms with Crippen molar-refractivity contribution in [2.75, 3.05) is 5.32 Å². The van der Waals surface area contributed by atoms with Crippen molar-refractivity contribution in [3.8, 4) is 0 Å². The van der Waals surface area contributed by atoms with Gasteiger partial charge in [0.2, 0.25) is 0 Å². The van der Waals surface area contributed by atoms with Crippen LogP contribution < -0.4 is 5.32 Å². The van der Waals surface area contributed by atoms with Crippen molar-refractivity contribution >= 4 is 17.3 Å². The fourth-order valence-electron chi connectivity index (χ4n) is 1.80. The molecule has 0 radical (unpaired) electrons. The minimum Gasteiger partial charge on any atom is -0.478 e. The van der Waals surface area contributed by atoms with Crippen LogP contribution in [0.2, 0.25) is 0 Å². The summed E-state index contributed by atoms with van der Waals surface area (Å²) in [5.74, 6) is -1.74. The van der Waals surface area contributed by atoms with E-state index in [1.807, 2.05) is 19.1 Å². The van der Waals surface area contributed by atoms with E-state index in [0.717, 1.165) is 12.0 Å². The van der Waals surface area contributed by atoms with Crippen LogP contribution in [0.3, 0.4) is 0 Å². The van der Waals surface area contributed by atoms with E-state index in [1.165, 1.54) is 18.2 Å². The Labute approximate surface area is 110 Å². The molecule has 0 spiro atoms. The van der Waals surface area contributed by atoms with E-state index in [0.29, 0.717) is 5.69 Å². The number of hydrogen-bond acceptors (Lipinski definition) is 2. The van der Waals surface area contributed by atoms with E-state index in [9.17, 15) is 9.18 Å². The lowest BCUT2D eigenvalue weighted by molar-refractivity contribution is 0.0697. The van der Waals surface area contributed by atoms with Gasteiger partial charge in [-0.3, -0.25) is 0 Å². The van der Waals surface area contributed by atoms with Gasteiger partial charge in [-0.05, 0) is 36.2 Å². The van der Waals surface area contributed by atoms with Gasteiger partial charge in [0.15, 0.2) is 0 Å². The molecule has 4 heteroatoms. The molecule has 0 aliphatic heterocycles. The first-order chi connectivity index (χ1) is 9.11. The largest absolute Gasteiger partial charge is 0.478 e. The number of halogens is 1. The maximum Gasteiger partial charge on any atom is 0.337 e. The molecule has 0 saturated carbocycles. The number of hydrogen-bond donors (Lipinski definition) is 2. The zero-order valence-corrected chi connectivity index (χ0v) is 10.5. The highest BCUT2D eigenvalue weighted by atomic mass is 19.1. The molecule has 0 unspecified atom stereocenters. The summed E-state index contributed by atoms with van der Waals surface area (Å²) in [4.78, 5) is 11.1. The third-order valence-electron chi connectivity index (χ3n) is 2.88. The second-order valence-electron chi connectivity index (χ2n) is 4.14. The SMILES string of the molecule is CCc1ccc(Nc2c(F)cccc2C(=O)O)cc1. The Morgan fingerprint density at radius 2 is 1.89 bits per heavy atom. The molecule has 2 aromatic carbocycles. The number of nitrogens with one attached hydrogen (secondary N) is 1. The van der Waals surface area contributed by atoms with Crippen molar-refractivity contribution in [3.63, 3.8) is 0 Å². The quantitative estimate of drug-likeness (QED) is 0.877. The van der Waals surface area contributed by atoms with Crippen LogP contribution in [0.15, 0.2) is 42.5 Å². The summed E-state index contributed by atoms with van der Waals surface area (Å²) in [6, 6.07) is 11.4. The standard InChI is InChI=1S/C15H14FNO2/c1-2-10-6-8-11(9-7-10)17-14-12(15(18)19)4-3-5-13(14)16/h3-9,17H,2H2,1H3,(H,18,19). The normalized spacial score (nSPS) is 10.2. The Morgan fingerprint density at radius 3 is 2.47 bits per heavy atom. The molecule has 0 atom stereocenters. The molecule has 3 nitrogen and oxygen atoms in total. The Bertz CT molecular complexity index is 594. The molecule has 0 bridgehead atoms. The van der Waals surface area contributed by atoms with Crippen molar-refractivity contribution in [1.29, 1.82) is 0 Å². The first kappa shape index (κ1) is 13.1. The predicted octanol–water partition coefficient (Wildman–Crippen LogP) is 3.83. The number of carbonyl (C=O) groups is 1. The third-order valence-corrected chi connectivity index (χ3v) is 2.88. The zero-order valence-electron chi connectivity index (χ0n) is 10.5. The number of rotatable bonds is 4. The van der Waals surface area contributed by atoms with E-state index in [2.05, 4.69) is 5.32 Å². The van der Waals surface area contributed by atoms with E-state index < -0.39 is 11.8 Å². The molecule has 19 heavy (non-hydrogen) atoms. The highest BCUT2D eigenvalue weighted by Crippen LogP contribution is 2.24. The topological polar surface area (TPSA) is 49.3 Å². The van der Waals surface area contributed by atoms with Crippen molar-refractivity contribution < 1.29 is 14.3 Å². The van der Waals surface area contributed by atoms with Crippen molar-refractivity contribution in [1.82, 2.24) is 0 Å². The number of benzene rings is 2. The zero-order chi connectivity index (χ0) is 13.8. The average Bonchev–Trinajstić information content (AvgIpc) is 2.41. The molecule has 2 N–H and O–H groups in total. The molecular formula is C15H14FNO2. The summed E-state index contributed by atoms with van der Waals surface area (Å²) in [6.07, 6.45) is 0.917. The fraction of sp³-hybridized carbons (Fsp3) is 0.133. The molecule has 0 aliphatic rings. The van der Waals surface area contributed by atoms with Gasteiger partial charge in [0, 0.05) is 5.69 Å². The Kier molecular flexibility index (Phi) is 3.80. The first-order valence-corrected chi connectivity index (χ1v) is 5.99. The van der Waals surface area contributed by atoms with Crippen molar-refractivity contribution in [2.24, 2.45) is 0 Å². The number of carboxylic acid groups (broad SMARTS) is 1. The maximum atomic E-state index is 13.7. The summed E-state index contributed by atoms with van der Waals surface area (Å²) in [5, 5.41) is 11.9. The van der Waals surface area contributed by atoms with Gasteiger partial charge in [-0.1, -0.05) is 25.1 Å². The smallest absolute Gasteiger partial charge is 0.337 e. The number of aromatic carboxylic acids is 1. The van der Waals surface area contributed by atoms with Gasteiger partial charge in [-0.15, -0.1) is 0 Å². The van der Waals surface area contributed by atoms with Gasteiger partial charge in [0.1, 0.15) is 5.82 Å². The van der Waals surface area contributed by atoms with Gasteiger partial charge in [-0.25, -0.2) is 9.18 Å². The van der Waals surface area contributed by atoms with Crippen LogP contribution in [0, 0.1) is 5.82 Å². The lowest BCUT2D eigenvalue weighted by Gasteiger charge is -2.11. The van der Waals surface area contributed by atoms with E-state index in [1.54, 1.807) is 12.1 Å². The monoisotopic (exact) mass is 259 g/mol. The second-order valence-corrected chi connectivity index (χ2v) is 4.14. The van der Waals surface area contributed by atoms with E-state index >= 15 is 0 Å². The number of carboxylic acids is 1. The third kappa shape index (κ3) is 2.91. The van der Waals surface area contributed by atoms with Gasteiger partial charge >= 0.3 is 5.97 Å². The average molecular weight is 259 g/mol. The minimum atomic E-state index is -1.16. The summed E-state index contributed by atoms with van der Waals surface area (Å²) in [6.45, 7) is 2.04. The van der Waals surface area contributed by atoms with Crippen LogP contribution in [0.4, 0.5) is 15.8 Å². The molecule has 0 heterocycles. The van der Waals surface area contributed by atoms with Gasteiger partial charge < -0.3 is 10.4 Å². The molecule has 0 saturated heterocycles. The minimum absolute atomic E-state index is 0.0146. The second kappa shape index (κ2) is 5.52. The van der Waals surface area contributed by atoms with E-state index in [4.69, 9.17) is 5.11 Å². The van der Waals surface area contributed by atoms with Gasteiger partial charge in [0.05, 0.1) is 11.3 Å². The first-order valence-electron chi connectivity index (χ1n) is 5.99. The van der Waals surface area contributed by atoms with Crippen LogP contribution in [0.1, 0.15) is 22.8 Å². The highest BCUT2D eigenvalue weighted by molar-refractivity contribution is 5.95. The molecule has 2 rings (SSSR count). The summed E-state index contributed by atoms with van der Waals surface area (Å²) >= 11 is 0. The lowest BCUT2D eigenvalue weighted by atomic mass is 10.1. The van der Waals surface area contributed by atoms with Gasteiger partial charge in [-0.2, -0.15) is 0 Å². The molecule has 0 aliphatic carbocycles. The summed E-state index contributed by atoms with van der Waals surface area (Å²) in [7, 11) is 0. The number of aryl methyl sites for hydroxylation is 1. The Hall–Kier alpha value is -2.36.